The molecule has 1 aliphatic heterocycles. The van der Waals surface area contributed by atoms with Crippen LogP contribution in [0, 0.1) is 0 Å². The largest absolute Gasteiger partial charge is 0.346 e. The Hall–Kier alpha value is -2.99. The van der Waals surface area contributed by atoms with Crippen LogP contribution >= 0.6 is 0 Å². The predicted molar refractivity (Wildman–Crippen MR) is 115 cm³/mol. The Kier molecular flexibility index (Phi) is 6.60. The summed E-state index contributed by atoms with van der Waals surface area (Å²) < 4.78 is 27.6. The molecule has 1 aromatic carbocycles. The average molecular weight is 451 g/mol. The van der Waals surface area contributed by atoms with Gasteiger partial charge in [0.2, 0.25) is 21.8 Å². The van der Waals surface area contributed by atoms with Crippen molar-refractivity contribution in [2.45, 2.75) is 32.2 Å². The van der Waals surface area contributed by atoms with Crippen LogP contribution in [0.25, 0.3) is 0 Å². The fourth-order valence-corrected chi connectivity index (χ4v) is 4.51. The molecule has 2 heterocycles. The maximum atomic E-state index is 12.6. The van der Waals surface area contributed by atoms with Crippen LogP contribution in [0.15, 0.2) is 29.1 Å². The van der Waals surface area contributed by atoms with Crippen molar-refractivity contribution in [2.75, 3.05) is 30.0 Å². The molecule has 12 heteroatoms. The van der Waals surface area contributed by atoms with Crippen molar-refractivity contribution in [1.82, 2.24) is 18.7 Å². The molecule has 1 aromatic heterocycles. The van der Waals surface area contributed by atoms with Crippen molar-refractivity contribution < 1.29 is 18.0 Å². The molecule has 0 aliphatic carbocycles. The Morgan fingerprint density at radius 3 is 2.35 bits per heavy atom. The number of anilines is 2. The lowest BCUT2D eigenvalue weighted by Gasteiger charge is -2.30. The number of carbonyl (C=O) groups excluding carboxylic acids is 2. The van der Waals surface area contributed by atoms with E-state index in [4.69, 9.17) is 0 Å². The molecule has 168 valence electrons. The first-order chi connectivity index (χ1) is 14.5. The lowest BCUT2D eigenvalue weighted by atomic mass is 9.99. The van der Waals surface area contributed by atoms with Crippen LogP contribution in [0.1, 0.15) is 31.5 Å². The molecule has 3 rings (SSSR count). The van der Waals surface area contributed by atoms with Crippen LogP contribution in [0.2, 0.25) is 0 Å². The van der Waals surface area contributed by atoms with Crippen molar-refractivity contribution in [3.63, 3.8) is 0 Å². The molecule has 1 fully saturated rings. The maximum absolute atomic E-state index is 12.6. The number of aromatic nitrogens is 3. The smallest absolute Gasteiger partial charge is 0.326 e. The standard InChI is InChI=1S/C19H26N6O5S/c1-13(26)20-15-6-8-16(9-7-15)21-17(27)12-25-19(28)23(2)18(22-25)14-5-4-10-24(11-14)31(3,29)30/h6-9,14H,4-5,10-12H2,1-3H3,(H,20,26)(H,21,27). The van der Waals surface area contributed by atoms with Gasteiger partial charge in [0.15, 0.2) is 0 Å². The number of piperidine rings is 1. The molecule has 1 unspecified atom stereocenters. The van der Waals surface area contributed by atoms with Gasteiger partial charge in [-0.15, -0.1) is 0 Å². The minimum Gasteiger partial charge on any atom is -0.326 e. The third kappa shape index (κ3) is 5.58. The average Bonchev–Trinajstić information content (AvgIpc) is 2.97. The zero-order valence-corrected chi connectivity index (χ0v) is 18.5. The Morgan fingerprint density at radius 2 is 1.77 bits per heavy atom. The first kappa shape index (κ1) is 22.7. The van der Waals surface area contributed by atoms with Crippen LogP contribution in [0.5, 0.6) is 0 Å². The number of sulfonamides is 1. The minimum absolute atomic E-state index is 0.195. The lowest BCUT2D eigenvalue weighted by molar-refractivity contribution is -0.117. The molecule has 0 bridgehead atoms. The summed E-state index contributed by atoms with van der Waals surface area (Å²) in [6.07, 6.45) is 2.55. The highest BCUT2D eigenvalue weighted by Crippen LogP contribution is 2.26. The van der Waals surface area contributed by atoms with E-state index >= 15 is 0 Å². The SMILES string of the molecule is CC(=O)Nc1ccc(NC(=O)Cn2nc(C3CCCN(S(C)(=O)=O)C3)n(C)c2=O)cc1. The number of carbonyl (C=O) groups is 2. The first-order valence-electron chi connectivity index (χ1n) is 9.81. The molecule has 31 heavy (non-hydrogen) atoms. The highest BCUT2D eigenvalue weighted by molar-refractivity contribution is 7.88. The number of rotatable bonds is 6. The molecule has 0 spiro atoms. The van der Waals surface area contributed by atoms with Gasteiger partial charge in [0, 0.05) is 44.4 Å². The summed E-state index contributed by atoms with van der Waals surface area (Å²) in [6, 6.07) is 6.58. The maximum Gasteiger partial charge on any atom is 0.346 e. The summed E-state index contributed by atoms with van der Waals surface area (Å²) in [7, 11) is -1.75. The summed E-state index contributed by atoms with van der Waals surface area (Å²) in [5, 5.41) is 9.63. The first-order valence-corrected chi connectivity index (χ1v) is 11.7. The molecule has 0 saturated carbocycles. The third-order valence-corrected chi connectivity index (χ3v) is 6.34. The number of amides is 2. The zero-order valence-electron chi connectivity index (χ0n) is 17.7. The quantitative estimate of drug-likeness (QED) is 0.651. The topological polar surface area (TPSA) is 135 Å². The van der Waals surface area contributed by atoms with Crippen LogP contribution in [0.3, 0.4) is 0 Å². The van der Waals surface area contributed by atoms with Gasteiger partial charge in [-0.3, -0.25) is 14.2 Å². The van der Waals surface area contributed by atoms with Crippen molar-refractivity contribution in [3.05, 3.63) is 40.6 Å². The van der Waals surface area contributed by atoms with Crippen molar-refractivity contribution >= 4 is 33.2 Å². The molecule has 0 radical (unpaired) electrons. The van der Waals surface area contributed by atoms with E-state index in [1.165, 1.54) is 22.1 Å². The number of benzene rings is 1. The second-order valence-corrected chi connectivity index (χ2v) is 9.61. The Morgan fingerprint density at radius 1 is 1.16 bits per heavy atom. The molecule has 1 atom stereocenters. The van der Waals surface area contributed by atoms with Gasteiger partial charge in [-0.2, -0.15) is 5.10 Å². The Bertz CT molecular complexity index is 1140. The van der Waals surface area contributed by atoms with Crippen LogP contribution in [-0.2, 0) is 33.2 Å². The Balaban J connectivity index is 1.69. The van der Waals surface area contributed by atoms with Gasteiger partial charge in [0.1, 0.15) is 12.4 Å². The van der Waals surface area contributed by atoms with Crippen molar-refractivity contribution in [1.29, 1.82) is 0 Å². The number of nitrogens with zero attached hydrogens (tertiary/aromatic N) is 4. The van der Waals surface area contributed by atoms with Crippen LogP contribution in [-0.4, -0.2) is 58.2 Å². The van der Waals surface area contributed by atoms with E-state index in [1.54, 1.807) is 31.3 Å². The summed E-state index contributed by atoms with van der Waals surface area (Å²) in [4.78, 5) is 36.0. The van der Waals surface area contributed by atoms with E-state index in [2.05, 4.69) is 15.7 Å². The van der Waals surface area contributed by atoms with E-state index in [1.807, 2.05) is 0 Å². The zero-order chi connectivity index (χ0) is 22.8. The number of nitrogens with one attached hydrogen (secondary N) is 2. The van der Waals surface area contributed by atoms with E-state index < -0.39 is 21.6 Å². The van der Waals surface area contributed by atoms with Gasteiger partial charge in [0.05, 0.1) is 6.26 Å². The summed E-state index contributed by atoms with van der Waals surface area (Å²) in [5.74, 6) is -0.377. The van der Waals surface area contributed by atoms with E-state index in [9.17, 15) is 22.8 Å². The van der Waals surface area contributed by atoms with Gasteiger partial charge in [-0.1, -0.05) is 0 Å². The molecule has 1 aliphatic rings. The lowest BCUT2D eigenvalue weighted by Crippen LogP contribution is -2.39. The normalized spacial score (nSPS) is 17.3. The fourth-order valence-electron chi connectivity index (χ4n) is 3.59. The highest BCUT2D eigenvalue weighted by atomic mass is 32.2. The summed E-state index contributed by atoms with van der Waals surface area (Å²) in [6.45, 7) is 1.84. The molecular formula is C19H26N6O5S. The van der Waals surface area contributed by atoms with Gasteiger partial charge < -0.3 is 10.6 Å². The molecule has 2 amide bonds. The summed E-state index contributed by atoms with van der Waals surface area (Å²) in [5.41, 5.74) is 0.675. The molecule has 1 saturated heterocycles. The van der Waals surface area contributed by atoms with Crippen molar-refractivity contribution in [2.24, 2.45) is 7.05 Å². The third-order valence-electron chi connectivity index (χ3n) is 5.08. The minimum atomic E-state index is -3.32. The van der Waals surface area contributed by atoms with E-state index in [0.29, 0.717) is 36.6 Å². The van der Waals surface area contributed by atoms with Gasteiger partial charge >= 0.3 is 5.69 Å². The second-order valence-electron chi connectivity index (χ2n) is 7.62. The molecular weight excluding hydrogens is 424 g/mol. The second kappa shape index (κ2) is 9.02. The predicted octanol–water partition coefficient (Wildman–Crippen LogP) is 0.318. The van der Waals surface area contributed by atoms with Gasteiger partial charge in [-0.25, -0.2) is 22.2 Å². The molecule has 11 nitrogen and oxygen atoms in total. The fraction of sp³-hybridized carbons (Fsp3) is 0.474. The van der Waals surface area contributed by atoms with E-state index in [0.717, 1.165) is 4.68 Å². The summed E-state index contributed by atoms with van der Waals surface area (Å²) >= 11 is 0. The van der Waals surface area contributed by atoms with E-state index in [-0.39, 0.29) is 24.9 Å². The number of hydrogen-bond donors (Lipinski definition) is 2. The van der Waals surface area contributed by atoms with Gasteiger partial charge in [0.25, 0.3) is 0 Å². The Labute approximate surface area is 180 Å². The molecule has 2 aromatic rings. The monoisotopic (exact) mass is 450 g/mol. The van der Waals surface area contributed by atoms with Gasteiger partial charge in [-0.05, 0) is 37.1 Å². The molecule has 2 N–H and O–H groups in total. The van der Waals surface area contributed by atoms with Crippen molar-refractivity contribution in [3.8, 4) is 0 Å². The number of hydrogen-bond acceptors (Lipinski definition) is 6. The van der Waals surface area contributed by atoms with Crippen LogP contribution < -0.4 is 16.3 Å². The highest BCUT2D eigenvalue weighted by Gasteiger charge is 2.30. The van der Waals surface area contributed by atoms with Crippen LogP contribution in [0.4, 0.5) is 11.4 Å².